The molecule has 0 aliphatic carbocycles. The van der Waals surface area contributed by atoms with Crippen molar-refractivity contribution in [3.05, 3.63) is 72.7 Å². The van der Waals surface area contributed by atoms with Crippen LogP contribution in [0.25, 0.3) is 23.0 Å². The molecule has 180 valence electrons. The number of sulfonamides is 1. The van der Waals surface area contributed by atoms with Gasteiger partial charge in [-0.05, 0) is 35.9 Å². The van der Waals surface area contributed by atoms with Crippen LogP contribution in [0.2, 0.25) is 0 Å². The Balaban J connectivity index is 1.50. The minimum absolute atomic E-state index is 0.00166. The summed E-state index contributed by atoms with van der Waals surface area (Å²) in [7, 11) is -3.93. The number of benzene rings is 2. The first-order valence-electron chi connectivity index (χ1n) is 10.6. The van der Waals surface area contributed by atoms with Gasteiger partial charge in [-0.2, -0.15) is 0 Å². The maximum Gasteiger partial charge on any atom is 0.268 e. The number of aromatic nitrogens is 4. The molecule has 11 heteroatoms. The van der Waals surface area contributed by atoms with E-state index in [-0.39, 0.29) is 28.9 Å². The molecule has 2 heterocycles. The second kappa shape index (κ2) is 9.71. The van der Waals surface area contributed by atoms with Crippen molar-refractivity contribution in [1.82, 2.24) is 20.2 Å². The van der Waals surface area contributed by atoms with E-state index >= 15 is 0 Å². The van der Waals surface area contributed by atoms with Crippen LogP contribution in [-0.4, -0.2) is 41.0 Å². The van der Waals surface area contributed by atoms with Crippen molar-refractivity contribution in [2.75, 3.05) is 11.4 Å². The van der Waals surface area contributed by atoms with Crippen molar-refractivity contribution in [3.8, 4) is 23.0 Å². The largest absolute Gasteiger partial charge is 0.415 e. The Morgan fingerprint density at radius 2 is 1.80 bits per heavy atom. The highest BCUT2D eigenvalue weighted by Gasteiger charge is 2.27. The second-order valence-corrected chi connectivity index (χ2v) is 10.1. The SMILES string of the molecule is CC(C)(CF)C(=O)Cc1ccc(NS(=O)(=O)c2cccc(-c3nnc(-c4cnccn4)o3)c2)cc1. The maximum absolute atomic E-state index is 13.0. The van der Waals surface area contributed by atoms with Crippen molar-refractivity contribution < 1.29 is 22.0 Å². The van der Waals surface area contributed by atoms with E-state index in [0.29, 0.717) is 22.5 Å². The Hall–Kier alpha value is -3.99. The van der Waals surface area contributed by atoms with E-state index in [1.807, 2.05) is 0 Å². The Bertz CT molecular complexity index is 1440. The third kappa shape index (κ3) is 5.57. The van der Waals surface area contributed by atoms with E-state index in [0.717, 1.165) is 0 Å². The van der Waals surface area contributed by atoms with E-state index in [9.17, 15) is 17.6 Å². The summed E-state index contributed by atoms with van der Waals surface area (Å²) in [6.45, 7) is 2.36. The van der Waals surface area contributed by atoms with Crippen molar-refractivity contribution in [2.24, 2.45) is 5.41 Å². The highest BCUT2D eigenvalue weighted by Crippen LogP contribution is 2.26. The van der Waals surface area contributed by atoms with Crippen LogP contribution in [0, 0.1) is 5.41 Å². The number of nitrogens with zero attached hydrogens (tertiary/aromatic N) is 4. The lowest BCUT2D eigenvalue weighted by Gasteiger charge is -2.18. The predicted octanol–water partition coefficient (Wildman–Crippen LogP) is 4.10. The molecule has 0 spiro atoms. The van der Waals surface area contributed by atoms with Crippen LogP contribution >= 0.6 is 0 Å². The molecule has 0 radical (unpaired) electrons. The monoisotopic (exact) mass is 495 g/mol. The van der Waals surface area contributed by atoms with Crippen LogP contribution < -0.4 is 4.72 Å². The van der Waals surface area contributed by atoms with Gasteiger partial charge in [0.05, 0.1) is 16.5 Å². The topological polar surface area (TPSA) is 128 Å². The summed E-state index contributed by atoms with van der Waals surface area (Å²) in [6, 6.07) is 12.4. The van der Waals surface area contributed by atoms with Gasteiger partial charge in [-0.1, -0.05) is 32.0 Å². The average Bonchev–Trinajstić information content (AvgIpc) is 3.36. The zero-order valence-corrected chi connectivity index (χ0v) is 19.8. The minimum Gasteiger partial charge on any atom is -0.415 e. The molecule has 0 bridgehead atoms. The number of ketones is 1. The Morgan fingerprint density at radius 1 is 1.06 bits per heavy atom. The quantitative estimate of drug-likeness (QED) is 0.368. The lowest BCUT2D eigenvalue weighted by Crippen LogP contribution is -2.28. The Morgan fingerprint density at radius 3 is 2.49 bits per heavy atom. The smallest absolute Gasteiger partial charge is 0.268 e. The van der Waals surface area contributed by atoms with Gasteiger partial charge in [0.2, 0.25) is 5.89 Å². The molecule has 0 fully saturated rings. The summed E-state index contributed by atoms with van der Waals surface area (Å²) in [6.07, 6.45) is 4.55. The number of rotatable bonds is 9. The number of anilines is 1. The maximum atomic E-state index is 13.0. The van der Waals surface area contributed by atoms with E-state index < -0.39 is 22.1 Å². The summed E-state index contributed by atoms with van der Waals surface area (Å²) < 4.78 is 47.1. The van der Waals surface area contributed by atoms with E-state index in [1.54, 1.807) is 50.2 Å². The first-order valence-corrected chi connectivity index (χ1v) is 12.1. The molecule has 0 aliphatic heterocycles. The fraction of sp³-hybridized carbons (Fsp3) is 0.208. The summed E-state index contributed by atoms with van der Waals surface area (Å²) >= 11 is 0. The van der Waals surface area contributed by atoms with Gasteiger partial charge in [-0.3, -0.25) is 18.9 Å². The number of Topliss-reactive ketones (excluding diaryl/α,β-unsaturated/α-hetero) is 1. The van der Waals surface area contributed by atoms with Crippen LogP contribution in [0.5, 0.6) is 0 Å². The molecule has 1 N–H and O–H groups in total. The lowest BCUT2D eigenvalue weighted by molar-refractivity contribution is -0.127. The van der Waals surface area contributed by atoms with Gasteiger partial charge in [0.1, 0.15) is 18.2 Å². The molecule has 0 amide bonds. The van der Waals surface area contributed by atoms with Gasteiger partial charge in [-0.25, -0.2) is 13.4 Å². The molecule has 2 aromatic carbocycles. The first kappa shape index (κ1) is 24.1. The van der Waals surface area contributed by atoms with E-state index in [1.165, 1.54) is 30.7 Å². The molecule has 0 saturated carbocycles. The molecule has 0 atom stereocenters. The van der Waals surface area contributed by atoms with Gasteiger partial charge in [0.25, 0.3) is 15.9 Å². The molecule has 0 saturated heterocycles. The van der Waals surface area contributed by atoms with Crippen molar-refractivity contribution in [2.45, 2.75) is 25.2 Å². The molecule has 35 heavy (non-hydrogen) atoms. The number of hydrogen-bond donors (Lipinski definition) is 1. The predicted molar refractivity (Wildman–Crippen MR) is 126 cm³/mol. The highest BCUT2D eigenvalue weighted by atomic mass is 32.2. The lowest BCUT2D eigenvalue weighted by atomic mass is 9.86. The van der Waals surface area contributed by atoms with Crippen molar-refractivity contribution >= 4 is 21.5 Å². The number of carbonyl (C=O) groups excluding carboxylic acids is 1. The molecule has 4 rings (SSSR count). The standard InChI is InChI=1S/C24H22FN5O4S/c1-24(2,15-25)21(31)12-16-6-8-18(9-7-16)30-35(32,33)19-5-3-4-17(13-19)22-28-29-23(34-22)20-14-26-10-11-27-20/h3-11,13-14,30H,12,15H2,1-2H3. The van der Waals surface area contributed by atoms with Crippen LogP contribution in [0.1, 0.15) is 19.4 Å². The number of carbonyl (C=O) groups is 1. The summed E-state index contributed by atoms with van der Waals surface area (Å²) in [5.41, 5.74) is 0.740. The molecule has 2 aromatic heterocycles. The van der Waals surface area contributed by atoms with Crippen molar-refractivity contribution in [1.29, 1.82) is 0 Å². The van der Waals surface area contributed by atoms with Crippen molar-refractivity contribution in [3.63, 3.8) is 0 Å². The summed E-state index contributed by atoms with van der Waals surface area (Å²) in [5, 5.41) is 7.92. The van der Waals surface area contributed by atoms with Gasteiger partial charge >= 0.3 is 0 Å². The Kier molecular flexibility index (Phi) is 6.70. The zero-order valence-electron chi connectivity index (χ0n) is 19.0. The van der Waals surface area contributed by atoms with Crippen LogP contribution in [0.3, 0.4) is 0 Å². The average molecular weight is 496 g/mol. The van der Waals surface area contributed by atoms with Gasteiger partial charge in [-0.15, -0.1) is 10.2 Å². The minimum atomic E-state index is -3.93. The van der Waals surface area contributed by atoms with E-state index in [2.05, 4.69) is 24.9 Å². The summed E-state index contributed by atoms with van der Waals surface area (Å²) in [5.74, 6) is 0.0644. The number of nitrogens with one attached hydrogen (secondary N) is 1. The van der Waals surface area contributed by atoms with E-state index in [4.69, 9.17) is 4.42 Å². The normalized spacial score (nSPS) is 11.9. The van der Waals surface area contributed by atoms with Gasteiger partial charge in [0, 0.05) is 30.1 Å². The molecule has 4 aromatic rings. The van der Waals surface area contributed by atoms with Gasteiger partial charge < -0.3 is 4.42 Å². The fourth-order valence-electron chi connectivity index (χ4n) is 3.05. The van der Waals surface area contributed by atoms with Crippen LogP contribution in [0.15, 0.2) is 76.4 Å². The van der Waals surface area contributed by atoms with Crippen LogP contribution in [0.4, 0.5) is 10.1 Å². The molecular formula is C24H22FN5O4S. The second-order valence-electron chi connectivity index (χ2n) is 8.45. The number of alkyl halides is 1. The third-order valence-corrected chi connectivity index (χ3v) is 6.64. The first-order chi connectivity index (χ1) is 16.7. The van der Waals surface area contributed by atoms with Crippen LogP contribution in [-0.2, 0) is 21.2 Å². The third-order valence-electron chi connectivity index (χ3n) is 5.26. The highest BCUT2D eigenvalue weighted by molar-refractivity contribution is 7.92. The molecule has 0 unspecified atom stereocenters. The summed E-state index contributed by atoms with van der Waals surface area (Å²) in [4.78, 5) is 20.3. The van der Waals surface area contributed by atoms with Gasteiger partial charge in [0.15, 0.2) is 0 Å². The molecule has 9 nitrogen and oxygen atoms in total. The fourth-order valence-corrected chi connectivity index (χ4v) is 4.16. The molecular weight excluding hydrogens is 473 g/mol. The Labute approximate surface area is 201 Å². The molecule has 0 aliphatic rings. The number of halogens is 1. The number of hydrogen-bond acceptors (Lipinski definition) is 8. The zero-order chi connectivity index (χ0) is 25.1.